The molecule has 1 aromatic carbocycles. The third-order valence-corrected chi connectivity index (χ3v) is 3.05. The molecule has 3 rings (SSSR count). The van der Waals surface area contributed by atoms with Crippen molar-refractivity contribution in [3.8, 4) is 0 Å². The van der Waals surface area contributed by atoms with E-state index in [9.17, 15) is 4.79 Å². The van der Waals surface area contributed by atoms with Gasteiger partial charge in [-0.1, -0.05) is 0 Å². The summed E-state index contributed by atoms with van der Waals surface area (Å²) in [4.78, 5) is 19.4. The Morgan fingerprint density at radius 1 is 1.53 bits per heavy atom. The molecule has 1 aliphatic rings. The number of carbonyl (C=O) groups excluding carboxylic acids is 1. The summed E-state index contributed by atoms with van der Waals surface area (Å²) in [7, 11) is 0. The lowest BCUT2D eigenvalue weighted by atomic mass is 10.1. The number of aromatic amines is 1. The first-order valence-corrected chi connectivity index (χ1v) is 5.95. The number of H-pyrrole nitrogens is 1. The first-order chi connectivity index (χ1) is 8.22. The molecular formula is C13H15N3O. The molecule has 1 saturated carbocycles. The highest BCUT2D eigenvalue weighted by atomic mass is 16.1. The summed E-state index contributed by atoms with van der Waals surface area (Å²) in [5.74, 6) is 1.02. The number of nitrogens with zero attached hydrogens (tertiary/aromatic N) is 1. The largest absolute Gasteiger partial charge is 0.342 e. The monoisotopic (exact) mass is 229 g/mol. The predicted molar refractivity (Wildman–Crippen MR) is 66.2 cm³/mol. The number of aryl methyl sites for hydroxylation is 1. The summed E-state index contributed by atoms with van der Waals surface area (Å²) in [6.07, 6.45) is 2.40. The Morgan fingerprint density at radius 3 is 3.12 bits per heavy atom. The number of ketones is 1. The summed E-state index contributed by atoms with van der Waals surface area (Å²) < 4.78 is 0. The number of benzene rings is 1. The van der Waals surface area contributed by atoms with Crippen LogP contribution in [0, 0.1) is 6.92 Å². The lowest BCUT2D eigenvalue weighted by molar-refractivity contribution is 0.0990. The van der Waals surface area contributed by atoms with Crippen molar-refractivity contribution in [1.82, 2.24) is 15.3 Å². The minimum Gasteiger partial charge on any atom is -0.342 e. The van der Waals surface area contributed by atoms with Gasteiger partial charge in [-0.15, -0.1) is 0 Å². The molecule has 4 nitrogen and oxygen atoms in total. The smallest absolute Gasteiger partial charge is 0.176 e. The van der Waals surface area contributed by atoms with E-state index < -0.39 is 0 Å². The van der Waals surface area contributed by atoms with E-state index in [1.807, 2.05) is 25.1 Å². The standard InChI is InChI=1S/C13H15N3O/c1-8-15-11-5-2-9(6-12(11)16-8)13(17)7-14-10-3-4-10/h2,5-6,10,14H,3-4,7H2,1H3,(H,15,16). The molecule has 1 aliphatic carbocycles. The maximum atomic E-state index is 11.9. The SMILES string of the molecule is Cc1nc2ccc(C(=O)CNC3CC3)cc2[nH]1. The number of rotatable bonds is 4. The molecule has 0 unspecified atom stereocenters. The Kier molecular flexibility index (Phi) is 2.44. The van der Waals surface area contributed by atoms with Crippen LogP contribution in [-0.2, 0) is 0 Å². The van der Waals surface area contributed by atoms with Crippen LogP contribution in [0.2, 0.25) is 0 Å². The maximum Gasteiger partial charge on any atom is 0.176 e. The number of nitrogens with one attached hydrogen (secondary N) is 2. The van der Waals surface area contributed by atoms with E-state index in [0.717, 1.165) is 22.4 Å². The van der Waals surface area contributed by atoms with Crippen LogP contribution < -0.4 is 5.32 Å². The molecule has 1 aromatic heterocycles. The second-order valence-electron chi connectivity index (χ2n) is 4.63. The molecule has 0 bridgehead atoms. The Hall–Kier alpha value is -1.68. The van der Waals surface area contributed by atoms with Gasteiger partial charge in [-0.2, -0.15) is 0 Å². The lowest BCUT2D eigenvalue weighted by Crippen LogP contribution is -2.24. The molecule has 88 valence electrons. The van der Waals surface area contributed by atoms with Gasteiger partial charge in [-0.25, -0.2) is 4.98 Å². The van der Waals surface area contributed by atoms with Crippen molar-refractivity contribution in [3.05, 3.63) is 29.6 Å². The zero-order valence-corrected chi connectivity index (χ0v) is 9.79. The van der Waals surface area contributed by atoms with Crippen LogP contribution in [0.15, 0.2) is 18.2 Å². The topological polar surface area (TPSA) is 57.8 Å². The van der Waals surface area contributed by atoms with Crippen LogP contribution in [0.1, 0.15) is 29.0 Å². The van der Waals surface area contributed by atoms with Crippen LogP contribution >= 0.6 is 0 Å². The van der Waals surface area contributed by atoms with Crippen molar-refractivity contribution in [1.29, 1.82) is 0 Å². The van der Waals surface area contributed by atoms with Crippen LogP contribution in [-0.4, -0.2) is 28.3 Å². The van der Waals surface area contributed by atoms with Gasteiger partial charge >= 0.3 is 0 Å². The Bertz CT molecular complexity index is 569. The van der Waals surface area contributed by atoms with Gasteiger partial charge in [0.2, 0.25) is 0 Å². The van der Waals surface area contributed by atoms with Crippen molar-refractivity contribution in [3.63, 3.8) is 0 Å². The molecule has 0 aliphatic heterocycles. The minimum atomic E-state index is 0.144. The number of aromatic nitrogens is 2. The maximum absolute atomic E-state index is 11.9. The number of hydrogen-bond acceptors (Lipinski definition) is 3. The molecule has 2 aromatic rings. The molecule has 4 heteroatoms. The second kappa shape index (κ2) is 3.96. The van der Waals surface area contributed by atoms with Gasteiger partial charge in [0, 0.05) is 11.6 Å². The zero-order valence-electron chi connectivity index (χ0n) is 9.79. The molecule has 17 heavy (non-hydrogen) atoms. The summed E-state index contributed by atoms with van der Waals surface area (Å²) >= 11 is 0. The first-order valence-electron chi connectivity index (χ1n) is 5.95. The summed E-state index contributed by atoms with van der Waals surface area (Å²) in [6.45, 7) is 2.35. The Morgan fingerprint density at radius 2 is 2.35 bits per heavy atom. The fourth-order valence-corrected chi connectivity index (χ4v) is 1.94. The molecule has 2 N–H and O–H groups in total. The van der Waals surface area contributed by atoms with E-state index in [1.165, 1.54) is 12.8 Å². The van der Waals surface area contributed by atoms with Crippen molar-refractivity contribution in [2.24, 2.45) is 0 Å². The molecule has 1 fully saturated rings. The Balaban J connectivity index is 1.80. The average molecular weight is 229 g/mol. The van der Waals surface area contributed by atoms with Crippen LogP contribution in [0.5, 0.6) is 0 Å². The van der Waals surface area contributed by atoms with E-state index in [1.54, 1.807) is 0 Å². The van der Waals surface area contributed by atoms with Gasteiger partial charge in [-0.3, -0.25) is 4.79 Å². The fourth-order valence-electron chi connectivity index (χ4n) is 1.94. The summed E-state index contributed by atoms with van der Waals surface area (Å²) in [6, 6.07) is 6.19. The molecule has 0 saturated heterocycles. The molecule has 0 spiro atoms. The quantitative estimate of drug-likeness (QED) is 0.786. The van der Waals surface area contributed by atoms with Crippen molar-refractivity contribution >= 4 is 16.8 Å². The zero-order chi connectivity index (χ0) is 11.8. The molecule has 0 atom stereocenters. The highest BCUT2D eigenvalue weighted by Crippen LogP contribution is 2.19. The minimum absolute atomic E-state index is 0.144. The van der Waals surface area contributed by atoms with E-state index in [0.29, 0.717) is 12.6 Å². The van der Waals surface area contributed by atoms with Crippen molar-refractivity contribution in [2.45, 2.75) is 25.8 Å². The van der Waals surface area contributed by atoms with Gasteiger partial charge in [0.15, 0.2) is 5.78 Å². The van der Waals surface area contributed by atoms with Crippen LogP contribution in [0.4, 0.5) is 0 Å². The number of Topliss-reactive ketones (excluding diaryl/α,β-unsaturated/α-hetero) is 1. The van der Waals surface area contributed by atoms with Crippen molar-refractivity contribution in [2.75, 3.05) is 6.54 Å². The highest BCUT2D eigenvalue weighted by Gasteiger charge is 2.21. The summed E-state index contributed by atoms with van der Waals surface area (Å²) in [5.41, 5.74) is 2.59. The van der Waals surface area contributed by atoms with E-state index in [4.69, 9.17) is 0 Å². The molecular weight excluding hydrogens is 214 g/mol. The number of carbonyl (C=O) groups is 1. The van der Waals surface area contributed by atoms with Gasteiger partial charge in [0.05, 0.1) is 17.6 Å². The molecule has 0 radical (unpaired) electrons. The Labute approximate surface area is 99.4 Å². The van der Waals surface area contributed by atoms with E-state index in [2.05, 4.69) is 15.3 Å². The highest BCUT2D eigenvalue weighted by molar-refractivity contribution is 6.00. The number of fused-ring (bicyclic) bond motifs is 1. The first kappa shape index (κ1) is 10.5. The molecule has 0 amide bonds. The van der Waals surface area contributed by atoms with Gasteiger partial charge in [0.1, 0.15) is 5.82 Å². The average Bonchev–Trinajstić information content (AvgIpc) is 3.06. The van der Waals surface area contributed by atoms with Gasteiger partial charge in [0.25, 0.3) is 0 Å². The van der Waals surface area contributed by atoms with Gasteiger partial charge in [-0.05, 0) is 38.0 Å². The van der Waals surface area contributed by atoms with Crippen LogP contribution in [0.3, 0.4) is 0 Å². The molecule has 1 heterocycles. The number of hydrogen-bond donors (Lipinski definition) is 2. The number of imidazole rings is 1. The third-order valence-electron chi connectivity index (χ3n) is 3.05. The fraction of sp³-hybridized carbons (Fsp3) is 0.385. The predicted octanol–water partition coefficient (Wildman–Crippen LogP) is 1.81. The van der Waals surface area contributed by atoms with Gasteiger partial charge < -0.3 is 10.3 Å². The van der Waals surface area contributed by atoms with E-state index >= 15 is 0 Å². The lowest BCUT2D eigenvalue weighted by Gasteiger charge is -2.02. The second-order valence-corrected chi connectivity index (χ2v) is 4.63. The summed E-state index contributed by atoms with van der Waals surface area (Å²) in [5, 5.41) is 3.23. The van der Waals surface area contributed by atoms with E-state index in [-0.39, 0.29) is 5.78 Å². The van der Waals surface area contributed by atoms with Crippen molar-refractivity contribution < 1.29 is 4.79 Å². The van der Waals surface area contributed by atoms with Crippen LogP contribution in [0.25, 0.3) is 11.0 Å². The third kappa shape index (κ3) is 2.22. The normalized spacial score (nSPS) is 15.4.